The summed E-state index contributed by atoms with van der Waals surface area (Å²) < 4.78 is 0. The molecule has 1 heterocycles. The number of nitrogens with one attached hydrogen (secondary N) is 1. The average Bonchev–Trinajstić information content (AvgIpc) is 3.06. The highest BCUT2D eigenvalue weighted by Gasteiger charge is 2.53. The van der Waals surface area contributed by atoms with Crippen LogP contribution in [0.2, 0.25) is 0 Å². The summed E-state index contributed by atoms with van der Waals surface area (Å²) in [7, 11) is 0. The standard InChI is InChI=1S/C14H25NS/c1-13(2)7-12(8-16-10-13)15-9-14(5-6-14)11-3-4-11/h11-12,15H,3-10H2,1-2H3. The zero-order chi connectivity index (χ0) is 11.2. The van der Waals surface area contributed by atoms with Gasteiger partial charge in [0.25, 0.3) is 0 Å². The minimum atomic E-state index is 0.552. The van der Waals surface area contributed by atoms with Gasteiger partial charge in [0.1, 0.15) is 0 Å². The number of thioether (sulfide) groups is 1. The van der Waals surface area contributed by atoms with Crippen molar-refractivity contribution in [2.45, 2.75) is 52.0 Å². The van der Waals surface area contributed by atoms with Gasteiger partial charge in [0.2, 0.25) is 0 Å². The smallest absolute Gasteiger partial charge is 0.0163 e. The van der Waals surface area contributed by atoms with Crippen LogP contribution in [0.1, 0.15) is 46.0 Å². The van der Waals surface area contributed by atoms with Crippen LogP contribution in [0.15, 0.2) is 0 Å². The van der Waals surface area contributed by atoms with E-state index in [4.69, 9.17) is 0 Å². The first kappa shape index (κ1) is 11.4. The Morgan fingerprint density at radius 3 is 2.56 bits per heavy atom. The summed E-state index contributed by atoms with van der Waals surface area (Å²) in [6.07, 6.45) is 7.43. The maximum atomic E-state index is 3.88. The summed E-state index contributed by atoms with van der Waals surface area (Å²) in [5, 5.41) is 3.88. The van der Waals surface area contributed by atoms with Gasteiger partial charge >= 0.3 is 0 Å². The second-order valence-corrected chi connectivity index (χ2v) is 8.13. The van der Waals surface area contributed by atoms with Gasteiger partial charge in [-0.3, -0.25) is 0 Å². The van der Waals surface area contributed by atoms with Crippen LogP contribution in [-0.4, -0.2) is 24.1 Å². The topological polar surface area (TPSA) is 12.0 Å². The Hall–Kier alpha value is 0.310. The second kappa shape index (κ2) is 3.91. The van der Waals surface area contributed by atoms with E-state index in [-0.39, 0.29) is 0 Å². The van der Waals surface area contributed by atoms with Crippen molar-refractivity contribution in [2.75, 3.05) is 18.1 Å². The summed E-state index contributed by atoms with van der Waals surface area (Å²) in [4.78, 5) is 0. The molecule has 3 rings (SSSR count). The lowest BCUT2D eigenvalue weighted by Crippen LogP contribution is -2.42. The number of hydrogen-bond donors (Lipinski definition) is 1. The molecule has 2 heteroatoms. The minimum Gasteiger partial charge on any atom is -0.313 e. The molecule has 1 unspecified atom stereocenters. The first-order valence-electron chi connectivity index (χ1n) is 6.91. The van der Waals surface area contributed by atoms with Crippen molar-refractivity contribution in [3.8, 4) is 0 Å². The Kier molecular flexibility index (Phi) is 2.79. The second-order valence-electron chi connectivity index (χ2n) is 7.10. The van der Waals surface area contributed by atoms with Crippen molar-refractivity contribution >= 4 is 11.8 Å². The van der Waals surface area contributed by atoms with E-state index < -0.39 is 0 Å². The van der Waals surface area contributed by atoms with Crippen LogP contribution in [0.4, 0.5) is 0 Å². The number of hydrogen-bond acceptors (Lipinski definition) is 2. The number of rotatable bonds is 4. The van der Waals surface area contributed by atoms with E-state index in [1.165, 1.54) is 50.2 Å². The Morgan fingerprint density at radius 2 is 2.00 bits per heavy atom. The molecule has 0 radical (unpaired) electrons. The van der Waals surface area contributed by atoms with Crippen molar-refractivity contribution in [2.24, 2.45) is 16.7 Å². The van der Waals surface area contributed by atoms with E-state index in [0.717, 1.165) is 17.4 Å². The van der Waals surface area contributed by atoms with Crippen molar-refractivity contribution in [1.29, 1.82) is 0 Å². The molecule has 1 aliphatic heterocycles. The van der Waals surface area contributed by atoms with Crippen molar-refractivity contribution in [3.63, 3.8) is 0 Å². The van der Waals surface area contributed by atoms with Crippen LogP contribution in [-0.2, 0) is 0 Å². The highest BCUT2D eigenvalue weighted by Crippen LogP contribution is 2.60. The lowest BCUT2D eigenvalue weighted by Gasteiger charge is -2.36. The molecular weight excluding hydrogens is 214 g/mol. The van der Waals surface area contributed by atoms with Gasteiger partial charge in [-0.15, -0.1) is 0 Å². The highest BCUT2D eigenvalue weighted by atomic mass is 32.2. The van der Waals surface area contributed by atoms with Gasteiger partial charge in [0.05, 0.1) is 0 Å². The summed E-state index contributed by atoms with van der Waals surface area (Å²) in [5.74, 6) is 3.78. The van der Waals surface area contributed by atoms with Gasteiger partial charge in [-0.05, 0) is 54.6 Å². The Labute approximate surface area is 104 Å². The average molecular weight is 239 g/mol. The quantitative estimate of drug-likeness (QED) is 0.808. The summed E-state index contributed by atoms with van der Waals surface area (Å²) >= 11 is 2.14. The third-order valence-electron chi connectivity index (χ3n) is 4.69. The summed E-state index contributed by atoms with van der Waals surface area (Å²) in [5.41, 5.74) is 1.32. The fourth-order valence-electron chi connectivity index (χ4n) is 3.33. The van der Waals surface area contributed by atoms with Crippen molar-refractivity contribution < 1.29 is 0 Å². The fraction of sp³-hybridized carbons (Fsp3) is 1.00. The van der Waals surface area contributed by atoms with Crippen LogP contribution in [0.5, 0.6) is 0 Å². The molecule has 0 bridgehead atoms. The molecule has 0 aromatic rings. The van der Waals surface area contributed by atoms with Crippen molar-refractivity contribution in [3.05, 3.63) is 0 Å². The van der Waals surface area contributed by atoms with E-state index >= 15 is 0 Å². The SMILES string of the molecule is CC1(C)CSCC(NCC2(C3CC3)CC2)C1. The molecule has 3 fully saturated rings. The summed E-state index contributed by atoms with van der Waals surface area (Å²) in [6.45, 7) is 6.15. The maximum absolute atomic E-state index is 3.88. The molecule has 2 aliphatic carbocycles. The maximum Gasteiger partial charge on any atom is 0.0163 e. The molecule has 1 saturated heterocycles. The monoisotopic (exact) mass is 239 g/mol. The molecule has 1 nitrogen and oxygen atoms in total. The van der Waals surface area contributed by atoms with Crippen LogP contribution < -0.4 is 5.32 Å². The van der Waals surface area contributed by atoms with E-state index in [9.17, 15) is 0 Å². The molecule has 1 atom stereocenters. The van der Waals surface area contributed by atoms with E-state index in [0.29, 0.717) is 5.41 Å². The molecule has 2 saturated carbocycles. The lowest BCUT2D eigenvalue weighted by molar-refractivity contribution is 0.294. The largest absolute Gasteiger partial charge is 0.313 e. The van der Waals surface area contributed by atoms with E-state index in [2.05, 4.69) is 30.9 Å². The molecule has 3 aliphatic rings. The lowest BCUT2D eigenvalue weighted by atomic mass is 9.87. The molecule has 0 aromatic heterocycles. The molecular formula is C14H25NS. The van der Waals surface area contributed by atoms with Gasteiger partial charge in [-0.2, -0.15) is 11.8 Å². The third-order valence-corrected chi connectivity index (χ3v) is 6.31. The highest BCUT2D eigenvalue weighted by molar-refractivity contribution is 7.99. The van der Waals surface area contributed by atoms with Gasteiger partial charge < -0.3 is 5.32 Å². The molecule has 92 valence electrons. The Bertz CT molecular complexity index is 266. The first-order chi connectivity index (χ1) is 7.60. The molecule has 16 heavy (non-hydrogen) atoms. The van der Waals surface area contributed by atoms with Gasteiger partial charge in [0, 0.05) is 18.3 Å². The molecule has 0 spiro atoms. The zero-order valence-electron chi connectivity index (χ0n) is 10.7. The minimum absolute atomic E-state index is 0.552. The van der Waals surface area contributed by atoms with Gasteiger partial charge in [-0.25, -0.2) is 0 Å². The molecule has 1 N–H and O–H groups in total. The molecule has 0 amide bonds. The summed E-state index contributed by atoms with van der Waals surface area (Å²) in [6, 6.07) is 0.782. The van der Waals surface area contributed by atoms with Crippen LogP contribution in [0, 0.1) is 16.7 Å². The van der Waals surface area contributed by atoms with Crippen LogP contribution in [0.25, 0.3) is 0 Å². The first-order valence-corrected chi connectivity index (χ1v) is 8.06. The molecule has 0 aromatic carbocycles. The van der Waals surface area contributed by atoms with Crippen LogP contribution >= 0.6 is 11.8 Å². The fourth-order valence-corrected chi connectivity index (χ4v) is 4.64. The predicted molar refractivity (Wildman–Crippen MR) is 71.9 cm³/mol. The Balaban J connectivity index is 1.48. The van der Waals surface area contributed by atoms with Crippen LogP contribution in [0.3, 0.4) is 0 Å². The Morgan fingerprint density at radius 1 is 1.25 bits per heavy atom. The predicted octanol–water partition coefficient (Wildman–Crippen LogP) is 3.30. The van der Waals surface area contributed by atoms with Gasteiger partial charge in [-0.1, -0.05) is 13.8 Å². The normalized spacial score (nSPS) is 36.0. The van der Waals surface area contributed by atoms with Gasteiger partial charge in [0.15, 0.2) is 0 Å². The third kappa shape index (κ3) is 2.43. The van der Waals surface area contributed by atoms with Crippen molar-refractivity contribution in [1.82, 2.24) is 5.32 Å². The zero-order valence-corrected chi connectivity index (χ0v) is 11.5. The van der Waals surface area contributed by atoms with E-state index in [1.54, 1.807) is 0 Å². The van der Waals surface area contributed by atoms with E-state index in [1.807, 2.05) is 0 Å².